The zero-order valence-electron chi connectivity index (χ0n) is 13.8. The highest BCUT2D eigenvalue weighted by Crippen LogP contribution is 2.43. The lowest BCUT2D eigenvalue weighted by atomic mass is 9.97. The minimum absolute atomic E-state index is 0.0335. The molecule has 0 atom stereocenters. The molecule has 0 spiro atoms. The van der Waals surface area contributed by atoms with Crippen molar-refractivity contribution in [1.29, 1.82) is 0 Å². The first-order valence-electron chi connectivity index (χ1n) is 7.94. The Hall–Kier alpha value is -3.34. The molecule has 0 aliphatic heterocycles. The number of benzene rings is 3. The van der Waals surface area contributed by atoms with E-state index in [0.717, 1.165) is 6.07 Å². The lowest BCUT2D eigenvalue weighted by Crippen LogP contribution is -1.86. The first kappa shape index (κ1) is 16.1. The number of aryl methyl sites for hydroxylation is 1. The van der Waals surface area contributed by atoms with Crippen LogP contribution < -0.4 is 0 Å². The van der Waals surface area contributed by atoms with Crippen LogP contribution in [0.2, 0.25) is 0 Å². The minimum atomic E-state index is -0.706. The zero-order valence-corrected chi connectivity index (χ0v) is 13.8. The van der Waals surface area contributed by atoms with E-state index in [1.54, 1.807) is 25.1 Å². The number of furan rings is 1. The molecule has 4 rings (SSSR count). The van der Waals surface area contributed by atoms with Crippen molar-refractivity contribution >= 4 is 11.0 Å². The Bertz CT molecular complexity index is 1110. The number of fused-ring (bicyclic) bond motifs is 1. The number of hydrogen-bond donors (Lipinski definition) is 2. The summed E-state index contributed by atoms with van der Waals surface area (Å²) in [7, 11) is 0. The summed E-state index contributed by atoms with van der Waals surface area (Å²) in [5.41, 5.74) is 2.63. The first-order valence-corrected chi connectivity index (χ1v) is 7.94. The third kappa shape index (κ3) is 2.67. The molecule has 0 aliphatic carbocycles. The summed E-state index contributed by atoms with van der Waals surface area (Å²) in [5, 5.41) is 20.1. The molecule has 0 saturated heterocycles. The Balaban J connectivity index is 2.10. The smallest absolute Gasteiger partial charge is 0.143 e. The van der Waals surface area contributed by atoms with Crippen LogP contribution >= 0.6 is 0 Å². The molecular weight excluding hydrogens is 338 g/mol. The SMILES string of the molecule is Cc1cc(O)cc2c(-c3cc(F)cc(F)c3)c(-c3ccc(O)cc3)oc12. The second-order valence-electron chi connectivity index (χ2n) is 6.15. The van der Waals surface area contributed by atoms with Crippen LogP contribution in [0.5, 0.6) is 11.5 Å². The molecule has 3 aromatic carbocycles. The molecule has 0 radical (unpaired) electrons. The van der Waals surface area contributed by atoms with Crippen LogP contribution in [0.15, 0.2) is 59.0 Å². The summed E-state index contributed by atoms with van der Waals surface area (Å²) in [6.07, 6.45) is 0. The van der Waals surface area contributed by atoms with Crippen LogP contribution in [0.4, 0.5) is 8.78 Å². The van der Waals surface area contributed by atoms with Gasteiger partial charge in [0.1, 0.15) is 34.5 Å². The van der Waals surface area contributed by atoms with E-state index in [9.17, 15) is 19.0 Å². The van der Waals surface area contributed by atoms with Crippen LogP contribution in [-0.2, 0) is 0 Å². The molecule has 0 saturated carbocycles. The molecule has 3 nitrogen and oxygen atoms in total. The van der Waals surface area contributed by atoms with Crippen molar-refractivity contribution in [3.63, 3.8) is 0 Å². The largest absolute Gasteiger partial charge is 0.508 e. The molecular formula is C21H14F2O3. The maximum absolute atomic E-state index is 13.8. The Morgan fingerprint density at radius 2 is 1.42 bits per heavy atom. The second kappa shape index (κ2) is 5.88. The summed E-state index contributed by atoms with van der Waals surface area (Å²) in [5.74, 6) is -0.882. The Morgan fingerprint density at radius 3 is 2.08 bits per heavy atom. The van der Waals surface area contributed by atoms with E-state index in [4.69, 9.17) is 4.42 Å². The molecule has 0 unspecified atom stereocenters. The third-order valence-corrected chi connectivity index (χ3v) is 4.24. The molecule has 5 heteroatoms. The van der Waals surface area contributed by atoms with Crippen LogP contribution in [0.25, 0.3) is 33.4 Å². The second-order valence-corrected chi connectivity index (χ2v) is 6.15. The van der Waals surface area contributed by atoms with Crippen molar-refractivity contribution in [2.75, 3.05) is 0 Å². The molecule has 0 aliphatic rings. The predicted molar refractivity (Wildman–Crippen MR) is 95.1 cm³/mol. The van der Waals surface area contributed by atoms with E-state index in [2.05, 4.69) is 0 Å². The van der Waals surface area contributed by atoms with Gasteiger partial charge in [-0.3, -0.25) is 0 Å². The fourth-order valence-corrected chi connectivity index (χ4v) is 3.15. The van der Waals surface area contributed by atoms with Gasteiger partial charge in [0.25, 0.3) is 0 Å². The lowest BCUT2D eigenvalue weighted by molar-refractivity contribution is 0.474. The van der Waals surface area contributed by atoms with Crippen molar-refractivity contribution in [1.82, 2.24) is 0 Å². The molecule has 4 aromatic rings. The normalized spacial score (nSPS) is 11.2. The number of phenols is 2. The average Bonchev–Trinajstić information content (AvgIpc) is 2.94. The summed E-state index contributed by atoms with van der Waals surface area (Å²) in [6.45, 7) is 1.78. The highest BCUT2D eigenvalue weighted by atomic mass is 19.1. The topological polar surface area (TPSA) is 53.6 Å². The van der Waals surface area contributed by atoms with Crippen molar-refractivity contribution in [3.8, 4) is 33.9 Å². The standard InChI is InChI=1S/C21H14F2O3/c1-11-6-17(25)10-18-19(13-7-14(22)9-15(23)8-13)21(26-20(11)18)12-2-4-16(24)5-3-12/h2-10,24-25H,1H3. The van der Waals surface area contributed by atoms with Crippen LogP contribution in [0.1, 0.15) is 5.56 Å². The summed E-state index contributed by atoms with van der Waals surface area (Å²) >= 11 is 0. The van der Waals surface area contributed by atoms with Crippen molar-refractivity contribution in [2.45, 2.75) is 6.92 Å². The monoisotopic (exact) mass is 352 g/mol. The molecule has 2 N–H and O–H groups in total. The van der Waals surface area contributed by atoms with Crippen molar-refractivity contribution in [3.05, 3.63) is 71.8 Å². The van der Waals surface area contributed by atoms with Crippen molar-refractivity contribution in [2.24, 2.45) is 0 Å². The van der Waals surface area contributed by atoms with E-state index in [1.165, 1.54) is 30.3 Å². The van der Waals surface area contributed by atoms with Gasteiger partial charge in [0.15, 0.2) is 0 Å². The van der Waals surface area contributed by atoms with Gasteiger partial charge in [-0.1, -0.05) is 0 Å². The van der Waals surface area contributed by atoms with E-state index in [1.807, 2.05) is 0 Å². The number of phenolic OH excluding ortho intramolecular Hbond substituents is 2. The van der Waals surface area contributed by atoms with Gasteiger partial charge in [0, 0.05) is 22.6 Å². The molecule has 130 valence electrons. The van der Waals surface area contributed by atoms with E-state index >= 15 is 0 Å². The minimum Gasteiger partial charge on any atom is -0.508 e. The summed E-state index contributed by atoms with van der Waals surface area (Å²) in [6, 6.07) is 12.6. The Labute approximate surface area is 147 Å². The van der Waals surface area contributed by atoms with Gasteiger partial charge >= 0.3 is 0 Å². The summed E-state index contributed by atoms with van der Waals surface area (Å²) < 4.78 is 33.6. The quantitative estimate of drug-likeness (QED) is 0.482. The first-order chi connectivity index (χ1) is 12.4. The molecule has 0 amide bonds. The third-order valence-electron chi connectivity index (χ3n) is 4.24. The van der Waals surface area contributed by atoms with Crippen LogP contribution in [0, 0.1) is 18.6 Å². The average molecular weight is 352 g/mol. The Kier molecular flexibility index (Phi) is 3.65. The zero-order chi connectivity index (χ0) is 18.4. The predicted octanol–water partition coefficient (Wildman–Crippen LogP) is 5.76. The number of halogens is 2. The number of aromatic hydroxyl groups is 2. The van der Waals surface area contributed by atoms with E-state index < -0.39 is 11.6 Å². The van der Waals surface area contributed by atoms with Crippen molar-refractivity contribution < 1.29 is 23.4 Å². The molecule has 1 heterocycles. The lowest BCUT2D eigenvalue weighted by Gasteiger charge is -2.05. The highest BCUT2D eigenvalue weighted by molar-refractivity contribution is 6.03. The van der Waals surface area contributed by atoms with E-state index in [0.29, 0.717) is 39.0 Å². The van der Waals surface area contributed by atoms with Gasteiger partial charge in [-0.15, -0.1) is 0 Å². The summed E-state index contributed by atoms with van der Waals surface area (Å²) in [4.78, 5) is 0. The molecule has 0 fully saturated rings. The maximum atomic E-state index is 13.8. The van der Waals surface area contributed by atoms with Gasteiger partial charge in [0.05, 0.1) is 0 Å². The van der Waals surface area contributed by atoms with Gasteiger partial charge in [0.2, 0.25) is 0 Å². The maximum Gasteiger partial charge on any atom is 0.143 e. The highest BCUT2D eigenvalue weighted by Gasteiger charge is 2.21. The fraction of sp³-hybridized carbons (Fsp3) is 0.0476. The fourth-order valence-electron chi connectivity index (χ4n) is 3.15. The number of rotatable bonds is 2. The van der Waals surface area contributed by atoms with Crippen LogP contribution in [-0.4, -0.2) is 10.2 Å². The van der Waals surface area contributed by atoms with Gasteiger partial charge < -0.3 is 14.6 Å². The van der Waals surface area contributed by atoms with Crippen LogP contribution in [0.3, 0.4) is 0 Å². The molecule has 1 aromatic heterocycles. The Morgan fingerprint density at radius 1 is 0.769 bits per heavy atom. The van der Waals surface area contributed by atoms with Gasteiger partial charge in [-0.2, -0.15) is 0 Å². The van der Waals surface area contributed by atoms with E-state index in [-0.39, 0.29) is 11.5 Å². The molecule has 26 heavy (non-hydrogen) atoms. The molecule has 0 bridgehead atoms. The number of hydrogen-bond acceptors (Lipinski definition) is 3. The van der Waals surface area contributed by atoms with Gasteiger partial charge in [-0.25, -0.2) is 8.78 Å². The van der Waals surface area contributed by atoms with Gasteiger partial charge in [-0.05, 0) is 66.6 Å².